The number of aromatic amines is 1. The molecule has 7 nitrogen and oxygen atoms in total. The van der Waals surface area contributed by atoms with E-state index in [0.717, 1.165) is 36.3 Å². The highest BCUT2D eigenvalue weighted by molar-refractivity contribution is 7.93. The summed E-state index contributed by atoms with van der Waals surface area (Å²) < 4.78 is 54.0. The molecule has 3 heterocycles. The highest BCUT2D eigenvalue weighted by Gasteiger charge is 2.24. The molecule has 0 atom stereocenters. The van der Waals surface area contributed by atoms with Gasteiger partial charge in [-0.3, -0.25) is 9.52 Å². The fourth-order valence-electron chi connectivity index (χ4n) is 3.20. The molecule has 0 spiro atoms. The van der Waals surface area contributed by atoms with Crippen molar-refractivity contribution in [3.05, 3.63) is 64.4 Å². The highest BCUT2D eigenvalue weighted by atomic mass is 32.2. The van der Waals surface area contributed by atoms with Crippen LogP contribution >= 0.6 is 11.3 Å². The standard InChI is InChI=1S/C19H18F2N4O3S2/c20-15-4-3-12(8-16(15)21)7-13-10-23-19(29-13)24-30(27,28)14-9-17(22-11-14)18(26)25-5-1-2-6-25/h3-4,8-11,22H,1-2,5-7H2,(H,23,24). The van der Waals surface area contributed by atoms with Crippen LogP contribution in [-0.4, -0.2) is 42.3 Å². The maximum atomic E-state index is 13.3. The normalized spacial score (nSPS) is 14.3. The number of amides is 1. The van der Waals surface area contributed by atoms with Gasteiger partial charge in [-0.05, 0) is 36.6 Å². The molecule has 3 aromatic rings. The summed E-state index contributed by atoms with van der Waals surface area (Å²) in [5, 5.41) is 0.140. The summed E-state index contributed by atoms with van der Waals surface area (Å²) >= 11 is 1.09. The molecule has 11 heteroatoms. The number of thiazole rings is 1. The molecule has 0 unspecified atom stereocenters. The Balaban J connectivity index is 1.45. The molecule has 1 aliphatic heterocycles. The number of hydrogen-bond acceptors (Lipinski definition) is 5. The van der Waals surface area contributed by atoms with Crippen LogP contribution in [0.3, 0.4) is 0 Å². The van der Waals surface area contributed by atoms with Crippen LogP contribution in [-0.2, 0) is 16.4 Å². The van der Waals surface area contributed by atoms with Gasteiger partial charge in [0.05, 0.1) is 0 Å². The smallest absolute Gasteiger partial charge is 0.270 e. The van der Waals surface area contributed by atoms with E-state index < -0.39 is 21.7 Å². The van der Waals surface area contributed by atoms with E-state index in [2.05, 4.69) is 14.7 Å². The van der Waals surface area contributed by atoms with Crippen molar-refractivity contribution in [1.82, 2.24) is 14.9 Å². The molecule has 0 bridgehead atoms. The second-order valence-electron chi connectivity index (χ2n) is 6.91. The van der Waals surface area contributed by atoms with Gasteiger partial charge < -0.3 is 9.88 Å². The van der Waals surface area contributed by atoms with Crippen LogP contribution in [0.25, 0.3) is 0 Å². The van der Waals surface area contributed by atoms with Gasteiger partial charge in [-0.25, -0.2) is 22.2 Å². The molecule has 158 valence electrons. The van der Waals surface area contributed by atoms with E-state index in [0.29, 0.717) is 23.5 Å². The maximum Gasteiger partial charge on any atom is 0.270 e. The zero-order valence-electron chi connectivity index (χ0n) is 15.7. The topological polar surface area (TPSA) is 95.2 Å². The summed E-state index contributed by atoms with van der Waals surface area (Å²) in [6, 6.07) is 4.90. The maximum absolute atomic E-state index is 13.3. The molecular formula is C19H18F2N4O3S2. The SMILES string of the molecule is O=C(c1cc(S(=O)(=O)Nc2ncc(Cc3ccc(F)c(F)c3)s2)c[nH]1)N1CCCC1. The van der Waals surface area contributed by atoms with Gasteiger partial charge in [-0.1, -0.05) is 6.07 Å². The van der Waals surface area contributed by atoms with Crippen molar-refractivity contribution in [2.24, 2.45) is 0 Å². The minimum atomic E-state index is -3.94. The fraction of sp³-hybridized carbons (Fsp3) is 0.263. The number of carbonyl (C=O) groups is 1. The first-order chi connectivity index (χ1) is 14.3. The number of rotatable bonds is 6. The molecular weight excluding hydrogens is 434 g/mol. The first kappa shape index (κ1) is 20.5. The van der Waals surface area contributed by atoms with Crippen LogP contribution in [0.4, 0.5) is 13.9 Å². The highest BCUT2D eigenvalue weighted by Crippen LogP contribution is 2.25. The van der Waals surface area contributed by atoms with Crippen LogP contribution in [0.15, 0.2) is 41.6 Å². The van der Waals surface area contributed by atoms with Crippen molar-refractivity contribution in [3.8, 4) is 0 Å². The van der Waals surface area contributed by atoms with E-state index >= 15 is 0 Å². The van der Waals surface area contributed by atoms with Crippen LogP contribution < -0.4 is 4.72 Å². The third-order valence-electron chi connectivity index (χ3n) is 4.73. The molecule has 1 fully saturated rings. The second-order valence-corrected chi connectivity index (χ2v) is 9.71. The lowest BCUT2D eigenvalue weighted by atomic mass is 10.1. The molecule has 0 saturated carbocycles. The van der Waals surface area contributed by atoms with Crippen molar-refractivity contribution in [1.29, 1.82) is 0 Å². The van der Waals surface area contributed by atoms with E-state index in [9.17, 15) is 22.0 Å². The van der Waals surface area contributed by atoms with Gasteiger partial charge in [0.1, 0.15) is 10.6 Å². The molecule has 0 radical (unpaired) electrons. The van der Waals surface area contributed by atoms with E-state index in [1.54, 1.807) is 4.90 Å². The minimum absolute atomic E-state index is 0.0672. The number of H-pyrrole nitrogens is 1. The van der Waals surface area contributed by atoms with Crippen molar-refractivity contribution >= 4 is 32.4 Å². The number of halogens is 2. The number of carbonyl (C=O) groups excluding carboxylic acids is 1. The summed E-state index contributed by atoms with van der Waals surface area (Å²) in [6.45, 7) is 1.33. The summed E-state index contributed by atoms with van der Waals surface area (Å²) in [6.07, 6.45) is 4.91. The third-order valence-corrected chi connectivity index (χ3v) is 7.09. The summed E-state index contributed by atoms with van der Waals surface area (Å²) in [5.41, 5.74) is 0.762. The van der Waals surface area contributed by atoms with Crippen molar-refractivity contribution < 1.29 is 22.0 Å². The van der Waals surface area contributed by atoms with Gasteiger partial charge in [0.15, 0.2) is 16.8 Å². The van der Waals surface area contributed by atoms with Crippen molar-refractivity contribution in [2.45, 2.75) is 24.2 Å². The van der Waals surface area contributed by atoms with Gasteiger partial charge in [0, 0.05) is 36.8 Å². The Labute approximate surface area is 175 Å². The van der Waals surface area contributed by atoms with E-state index in [4.69, 9.17) is 0 Å². The van der Waals surface area contributed by atoms with Crippen molar-refractivity contribution in [3.63, 3.8) is 0 Å². The molecule has 2 N–H and O–H groups in total. The predicted molar refractivity (Wildman–Crippen MR) is 108 cm³/mol. The molecule has 1 aliphatic rings. The monoisotopic (exact) mass is 452 g/mol. The lowest BCUT2D eigenvalue weighted by molar-refractivity contribution is 0.0787. The molecule has 30 heavy (non-hydrogen) atoms. The quantitative estimate of drug-likeness (QED) is 0.600. The summed E-state index contributed by atoms with van der Waals surface area (Å²) in [4.78, 5) is 21.5. The Morgan fingerprint density at radius 2 is 1.97 bits per heavy atom. The largest absolute Gasteiger partial charge is 0.356 e. The molecule has 1 saturated heterocycles. The number of sulfonamides is 1. The van der Waals surface area contributed by atoms with Crippen LogP contribution in [0.1, 0.15) is 33.8 Å². The average Bonchev–Trinajstić information content (AvgIpc) is 3.45. The Hall–Kier alpha value is -2.79. The number of nitrogens with zero attached hydrogens (tertiary/aromatic N) is 2. The van der Waals surface area contributed by atoms with Crippen molar-refractivity contribution in [2.75, 3.05) is 17.8 Å². The lowest BCUT2D eigenvalue weighted by Crippen LogP contribution is -2.27. The Morgan fingerprint density at radius 3 is 2.70 bits per heavy atom. The first-order valence-electron chi connectivity index (χ1n) is 9.21. The molecule has 4 rings (SSSR count). The Bertz CT molecular complexity index is 1180. The molecule has 0 aliphatic carbocycles. The van der Waals surface area contributed by atoms with Gasteiger partial charge >= 0.3 is 0 Å². The Kier molecular flexibility index (Phi) is 5.56. The summed E-state index contributed by atoms with van der Waals surface area (Å²) in [7, 11) is -3.94. The van der Waals surface area contributed by atoms with Crippen LogP contribution in [0.5, 0.6) is 0 Å². The zero-order chi connectivity index (χ0) is 21.3. The predicted octanol–water partition coefficient (Wildman–Crippen LogP) is 3.38. The average molecular weight is 453 g/mol. The first-order valence-corrected chi connectivity index (χ1v) is 11.5. The number of anilines is 1. The number of aromatic nitrogens is 2. The van der Waals surface area contributed by atoms with Gasteiger partial charge in [-0.15, -0.1) is 11.3 Å². The number of likely N-dealkylation sites (tertiary alicyclic amines) is 1. The number of hydrogen-bond donors (Lipinski definition) is 2. The number of nitrogens with one attached hydrogen (secondary N) is 2. The minimum Gasteiger partial charge on any atom is -0.356 e. The van der Waals surface area contributed by atoms with Gasteiger partial charge in [0.25, 0.3) is 15.9 Å². The van der Waals surface area contributed by atoms with E-state index in [1.165, 1.54) is 24.5 Å². The Morgan fingerprint density at radius 1 is 1.20 bits per heavy atom. The molecule has 1 amide bonds. The molecule has 2 aromatic heterocycles. The van der Waals surface area contributed by atoms with E-state index in [-0.39, 0.29) is 28.0 Å². The van der Waals surface area contributed by atoms with Crippen LogP contribution in [0, 0.1) is 11.6 Å². The van der Waals surface area contributed by atoms with Gasteiger partial charge in [-0.2, -0.15) is 0 Å². The van der Waals surface area contributed by atoms with E-state index in [1.807, 2.05) is 0 Å². The molecule has 1 aromatic carbocycles. The third kappa shape index (κ3) is 4.36. The fourth-order valence-corrected chi connectivity index (χ4v) is 5.29. The van der Waals surface area contributed by atoms with Gasteiger partial charge in [0.2, 0.25) is 0 Å². The summed E-state index contributed by atoms with van der Waals surface area (Å²) in [5.74, 6) is -2.09. The second kappa shape index (κ2) is 8.15. The van der Waals surface area contributed by atoms with Crippen LogP contribution in [0.2, 0.25) is 0 Å². The lowest BCUT2D eigenvalue weighted by Gasteiger charge is -2.13. The zero-order valence-corrected chi connectivity index (χ0v) is 17.3. The number of benzene rings is 1.